The summed E-state index contributed by atoms with van der Waals surface area (Å²) in [7, 11) is -3.95. The number of esters is 1. The van der Waals surface area contributed by atoms with E-state index in [2.05, 4.69) is 5.32 Å². The summed E-state index contributed by atoms with van der Waals surface area (Å²) in [6.07, 6.45) is 1.82. The van der Waals surface area contributed by atoms with E-state index in [9.17, 15) is 22.8 Å². The molecule has 170 valence electrons. The van der Waals surface area contributed by atoms with Gasteiger partial charge in [0.1, 0.15) is 0 Å². The topological polar surface area (TPSA) is 107 Å². The number of ketones is 1. The number of amides is 1. The molecule has 32 heavy (non-hydrogen) atoms. The highest BCUT2D eigenvalue weighted by Crippen LogP contribution is 2.47. The molecular weight excluding hydrogens is 454 g/mol. The van der Waals surface area contributed by atoms with Crippen molar-refractivity contribution in [2.45, 2.75) is 42.2 Å². The van der Waals surface area contributed by atoms with E-state index >= 15 is 0 Å². The number of halogens is 1. The Hall–Kier alpha value is -2.71. The van der Waals surface area contributed by atoms with Crippen molar-refractivity contribution in [3.05, 3.63) is 64.7 Å². The lowest BCUT2D eigenvalue weighted by Crippen LogP contribution is -2.35. The van der Waals surface area contributed by atoms with Crippen molar-refractivity contribution < 1.29 is 27.5 Å². The van der Waals surface area contributed by atoms with Gasteiger partial charge in [-0.25, -0.2) is 8.42 Å². The van der Waals surface area contributed by atoms with Crippen LogP contribution < -0.4 is 5.32 Å². The second-order valence-corrected chi connectivity index (χ2v) is 10.4. The maximum absolute atomic E-state index is 12.9. The number of rotatable bonds is 10. The molecule has 0 radical (unpaired) electrons. The number of ether oxygens (including phenoxy) is 1. The van der Waals surface area contributed by atoms with Gasteiger partial charge < -0.3 is 10.1 Å². The molecule has 7 nitrogen and oxygen atoms in total. The number of benzene rings is 2. The maximum Gasteiger partial charge on any atom is 0.328 e. The van der Waals surface area contributed by atoms with Crippen LogP contribution in [0.1, 0.15) is 42.1 Å². The Labute approximate surface area is 192 Å². The highest BCUT2D eigenvalue weighted by molar-refractivity contribution is 7.94. The van der Waals surface area contributed by atoms with Gasteiger partial charge in [-0.2, -0.15) is 0 Å². The van der Waals surface area contributed by atoms with Gasteiger partial charge in [-0.1, -0.05) is 35.9 Å². The molecule has 0 unspecified atom stereocenters. The van der Waals surface area contributed by atoms with Gasteiger partial charge in [-0.15, -0.1) is 0 Å². The number of Topliss-reactive ketones (excluding diaryl/α,β-unsaturated/α-hetero) is 1. The zero-order valence-corrected chi connectivity index (χ0v) is 19.2. The zero-order chi connectivity index (χ0) is 23.4. The highest BCUT2D eigenvalue weighted by Gasteiger charge is 2.62. The van der Waals surface area contributed by atoms with Crippen molar-refractivity contribution in [1.29, 1.82) is 0 Å². The normalized spacial score (nSPS) is 14.4. The molecule has 3 rings (SSSR count). The first kappa shape index (κ1) is 23.9. The van der Waals surface area contributed by atoms with Crippen molar-refractivity contribution in [2.24, 2.45) is 0 Å². The Kier molecular flexibility index (Phi) is 7.36. The van der Waals surface area contributed by atoms with E-state index in [0.29, 0.717) is 17.1 Å². The molecular formula is C23H24ClNO6S. The summed E-state index contributed by atoms with van der Waals surface area (Å²) in [6.45, 7) is 1.51. The van der Waals surface area contributed by atoms with Crippen LogP contribution >= 0.6 is 11.6 Å². The Morgan fingerprint density at radius 3 is 2.22 bits per heavy atom. The van der Waals surface area contributed by atoms with Crippen LogP contribution in [0.2, 0.25) is 5.02 Å². The minimum absolute atomic E-state index is 0.00299. The fourth-order valence-corrected chi connectivity index (χ4v) is 5.29. The number of carbonyl (C=O) groups excluding carboxylic acids is 3. The first-order chi connectivity index (χ1) is 15.2. The Morgan fingerprint density at radius 1 is 1.03 bits per heavy atom. The third-order valence-corrected chi connectivity index (χ3v) is 8.09. The number of sulfone groups is 1. The van der Waals surface area contributed by atoms with Gasteiger partial charge >= 0.3 is 5.97 Å². The third-order valence-electron chi connectivity index (χ3n) is 5.34. The number of nitrogens with one attached hydrogen (secondary N) is 1. The van der Waals surface area contributed by atoms with Gasteiger partial charge in [0.15, 0.2) is 27.0 Å². The van der Waals surface area contributed by atoms with Crippen LogP contribution in [0.25, 0.3) is 0 Å². The zero-order valence-electron chi connectivity index (χ0n) is 17.6. The molecule has 0 heterocycles. The predicted octanol–water partition coefficient (Wildman–Crippen LogP) is 3.14. The van der Waals surface area contributed by atoms with Gasteiger partial charge in [0.2, 0.25) is 5.91 Å². The number of hydrogen-bond acceptors (Lipinski definition) is 6. The molecule has 1 N–H and O–H groups in total. The number of hydrogen-bond donors (Lipinski definition) is 1. The molecule has 1 saturated carbocycles. The van der Waals surface area contributed by atoms with Crippen LogP contribution in [-0.2, 0) is 30.6 Å². The molecule has 0 aliphatic heterocycles. The smallest absolute Gasteiger partial charge is 0.328 e. The van der Waals surface area contributed by atoms with Gasteiger partial charge in [0, 0.05) is 24.1 Å². The number of aryl methyl sites for hydroxylation is 1. The summed E-state index contributed by atoms with van der Waals surface area (Å²) in [6, 6.07) is 12.5. The fourth-order valence-electron chi connectivity index (χ4n) is 3.30. The van der Waals surface area contributed by atoms with Crippen molar-refractivity contribution in [2.75, 3.05) is 13.2 Å². The van der Waals surface area contributed by atoms with E-state index in [-0.39, 0.29) is 23.6 Å². The van der Waals surface area contributed by atoms with Crippen LogP contribution in [0.15, 0.2) is 53.4 Å². The van der Waals surface area contributed by atoms with Gasteiger partial charge in [0.25, 0.3) is 0 Å². The monoisotopic (exact) mass is 477 g/mol. The van der Waals surface area contributed by atoms with Crippen LogP contribution in [0.3, 0.4) is 0 Å². The lowest BCUT2D eigenvalue weighted by molar-refractivity contribution is -0.142. The van der Waals surface area contributed by atoms with Crippen LogP contribution in [0, 0.1) is 0 Å². The SMILES string of the molecule is CC(=O)NCCCc1ccc(C(=O)COC(=O)C2(S(=O)(=O)c3ccc(Cl)cc3)CC2)cc1. The molecule has 2 aromatic rings. The lowest BCUT2D eigenvalue weighted by atomic mass is 10.1. The summed E-state index contributed by atoms with van der Waals surface area (Å²) >= 11 is 5.81. The maximum atomic E-state index is 12.9. The minimum Gasteiger partial charge on any atom is -0.456 e. The third kappa shape index (κ3) is 5.37. The van der Waals surface area contributed by atoms with Crippen molar-refractivity contribution in [3.8, 4) is 0 Å². The molecule has 0 spiro atoms. The minimum atomic E-state index is -3.95. The quantitative estimate of drug-likeness (QED) is 0.320. The Morgan fingerprint density at radius 2 is 1.66 bits per heavy atom. The van der Waals surface area contributed by atoms with Crippen LogP contribution in [-0.4, -0.2) is 44.0 Å². The van der Waals surface area contributed by atoms with Gasteiger partial charge in [0.05, 0.1) is 4.90 Å². The predicted molar refractivity (Wildman–Crippen MR) is 119 cm³/mol. The summed E-state index contributed by atoms with van der Waals surface area (Å²) in [5.74, 6) is -1.40. The van der Waals surface area contributed by atoms with E-state index in [1.807, 2.05) is 0 Å². The van der Waals surface area contributed by atoms with Gasteiger partial charge in [-0.05, 0) is 55.5 Å². The van der Waals surface area contributed by atoms with Crippen molar-refractivity contribution >= 4 is 39.1 Å². The molecule has 2 aromatic carbocycles. The summed E-state index contributed by atoms with van der Waals surface area (Å²) < 4.78 is 29.3. The van der Waals surface area contributed by atoms with Crippen LogP contribution in [0.5, 0.6) is 0 Å². The Bertz CT molecular complexity index is 1110. The van der Waals surface area contributed by atoms with Gasteiger partial charge in [-0.3, -0.25) is 14.4 Å². The lowest BCUT2D eigenvalue weighted by Gasteiger charge is -2.15. The average Bonchev–Trinajstić information content (AvgIpc) is 3.58. The second-order valence-electron chi connectivity index (χ2n) is 7.73. The molecule has 1 aliphatic carbocycles. The van der Waals surface area contributed by atoms with E-state index in [4.69, 9.17) is 16.3 Å². The fraction of sp³-hybridized carbons (Fsp3) is 0.348. The van der Waals surface area contributed by atoms with E-state index in [0.717, 1.165) is 18.4 Å². The average molecular weight is 478 g/mol. The standard InChI is InChI=1S/C23H24ClNO6S/c1-16(26)25-14-2-3-17-4-6-18(7-5-17)21(27)15-31-22(28)23(12-13-23)32(29,30)20-10-8-19(24)9-11-20/h4-11H,2-3,12-15H2,1H3,(H,25,26). The van der Waals surface area contributed by atoms with Crippen molar-refractivity contribution in [1.82, 2.24) is 5.32 Å². The first-order valence-electron chi connectivity index (χ1n) is 10.2. The van der Waals surface area contributed by atoms with Crippen molar-refractivity contribution in [3.63, 3.8) is 0 Å². The number of carbonyl (C=O) groups is 3. The molecule has 0 aromatic heterocycles. The van der Waals surface area contributed by atoms with E-state index in [1.165, 1.54) is 31.2 Å². The second kappa shape index (κ2) is 9.83. The molecule has 0 atom stereocenters. The highest BCUT2D eigenvalue weighted by atomic mass is 35.5. The molecule has 1 aliphatic rings. The largest absolute Gasteiger partial charge is 0.456 e. The Balaban J connectivity index is 1.56. The first-order valence-corrected chi connectivity index (χ1v) is 12.1. The summed E-state index contributed by atoms with van der Waals surface area (Å²) in [5, 5.41) is 3.11. The van der Waals surface area contributed by atoms with E-state index < -0.39 is 32.9 Å². The summed E-state index contributed by atoms with van der Waals surface area (Å²) in [4.78, 5) is 35.9. The van der Waals surface area contributed by atoms with Crippen LogP contribution in [0.4, 0.5) is 0 Å². The molecule has 0 saturated heterocycles. The molecule has 0 bridgehead atoms. The molecule has 1 fully saturated rings. The van der Waals surface area contributed by atoms with E-state index in [1.54, 1.807) is 24.3 Å². The summed E-state index contributed by atoms with van der Waals surface area (Å²) in [5.41, 5.74) is 1.38. The molecule has 1 amide bonds. The molecule has 9 heteroatoms.